The Hall–Kier alpha value is -2.29. The van der Waals surface area contributed by atoms with Crippen molar-refractivity contribution >= 4 is 11.6 Å². The average Bonchev–Trinajstić information content (AvgIpc) is 2.41. The topological polar surface area (TPSA) is 59.1 Å². The van der Waals surface area contributed by atoms with Crippen LogP contribution in [0.25, 0.3) is 0 Å². The van der Waals surface area contributed by atoms with E-state index in [-0.39, 0.29) is 5.90 Å². The molecule has 0 heterocycles. The summed E-state index contributed by atoms with van der Waals surface area (Å²) in [6.45, 7) is 4.27. The number of ether oxygens (including phenoxy) is 1. The van der Waals surface area contributed by atoms with Gasteiger partial charge in [0.1, 0.15) is 6.61 Å². The van der Waals surface area contributed by atoms with Gasteiger partial charge >= 0.3 is 0 Å². The Morgan fingerprint density at radius 2 is 1.79 bits per heavy atom. The quantitative estimate of drug-likeness (QED) is 0.501. The van der Waals surface area contributed by atoms with Crippen LogP contribution in [-0.4, -0.2) is 5.90 Å². The molecule has 0 saturated carbocycles. The molecule has 0 aliphatic heterocycles. The molecule has 0 bridgehead atoms. The van der Waals surface area contributed by atoms with E-state index in [0.717, 1.165) is 27.9 Å². The minimum Gasteiger partial charge on any atom is -0.473 e. The van der Waals surface area contributed by atoms with Crippen molar-refractivity contribution in [1.82, 2.24) is 0 Å². The molecule has 2 rings (SSSR count). The average molecular weight is 254 g/mol. The molecule has 19 heavy (non-hydrogen) atoms. The van der Waals surface area contributed by atoms with Crippen LogP contribution in [0.5, 0.6) is 0 Å². The standard InChI is InChI=1S/C16H18N2O/c1-11-9-15(17)12(2)8-14(11)16(18)19-10-13-6-4-3-5-7-13/h3-9,18H,10,17H2,1-2H3. The zero-order valence-corrected chi connectivity index (χ0v) is 11.2. The lowest BCUT2D eigenvalue weighted by molar-refractivity contribution is 0.291. The first-order chi connectivity index (χ1) is 9.08. The summed E-state index contributed by atoms with van der Waals surface area (Å²) in [7, 11) is 0. The van der Waals surface area contributed by atoms with Crippen molar-refractivity contribution in [2.75, 3.05) is 5.73 Å². The number of nitrogen functional groups attached to an aromatic ring is 1. The van der Waals surface area contributed by atoms with Gasteiger partial charge in [-0.1, -0.05) is 30.3 Å². The van der Waals surface area contributed by atoms with Gasteiger partial charge in [-0.25, -0.2) is 0 Å². The fourth-order valence-electron chi connectivity index (χ4n) is 1.89. The van der Waals surface area contributed by atoms with Crippen LogP contribution in [0, 0.1) is 19.3 Å². The van der Waals surface area contributed by atoms with Gasteiger partial charge in [0, 0.05) is 11.3 Å². The molecule has 0 aromatic heterocycles. The Labute approximate surface area is 113 Å². The van der Waals surface area contributed by atoms with Gasteiger partial charge in [-0.05, 0) is 42.7 Å². The summed E-state index contributed by atoms with van der Waals surface area (Å²) in [5, 5.41) is 8.02. The minimum absolute atomic E-state index is 0.185. The van der Waals surface area contributed by atoms with Gasteiger partial charge in [-0.2, -0.15) is 0 Å². The molecule has 0 aliphatic rings. The first kappa shape index (κ1) is 13.1. The van der Waals surface area contributed by atoms with Crippen molar-refractivity contribution < 1.29 is 4.74 Å². The number of anilines is 1. The molecule has 2 aromatic rings. The van der Waals surface area contributed by atoms with Gasteiger partial charge in [0.2, 0.25) is 5.90 Å². The van der Waals surface area contributed by atoms with Gasteiger partial charge in [0.05, 0.1) is 0 Å². The normalized spacial score (nSPS) is 10.2. The van der Waals surface area contributed by atoms with E-state index in [2.05, 4.69) is 0 Å². The molecule has 3 nitrogen and oxygen atoms in total. The summed E-state index contributed by atoms with van der Waals surface area (Å²) >= 11 is 0. The van der Waals surface area contributed by atoms with Crippen molar-refractivity contribution in [3.63, 3.8) is 0 Å². The Kier molecular flexibility index (Phi) is 3.85. The third-order valence-corrected chi connectivity index (χ3v) is 3.08. The third kappa shape index (κ3) is 3.13. The van der Waals surface area contributed by atoms with E-state index in [1.54, 1.807) is 0 Å². The van der Waals surface area contributed by atoms with E-state index < -0.39 is 0 Å². The van der Waals surface area contributed by atoms with E-state index in [9.17, 15) is 0 Å². The smallest absolute Gasteiger partial charge is 0.213 e. The molecule has 3 N–H and O–H groups in total. The minimum atomic E-state index is 0.185. The van der Waals surface area contributed by atoms with E-state index in [4.69, 9.17) is 15.9 Å². The van der Waals surface area contributed by atoms with Gasteiger partial charge in [-0.3, -0.25) is 5.41 Å². The molecule has 3 heteroatoms. The molecule has 0 aliphatic carbocycles. The molecule has 0 unspecified atom stereocenters. The summed E-state index contributed by atoms with van der Waals surface area (Å²) in [5.41, 5.74) is 10.4. The van der Waals surface area contributed by atoms with E-state index in [0.29, 0.717) is 6.61 Å². The van der Waals surface area contributed by atoms with Gasteiger partial charge in [-0.15, -0.1) is 0 Å². The summed E-state index contributed by atoms with van der Waals surface area (Å²) < 4.78 is 5.53. The van der Waals surface area contributed by atoms with Crippen LogP contribution in [0.1, 0.15) is 22.3 Å². The lowest BCUT2D eigenvalue weighted by Gasteiger charge is -2.12. The highest BCUT2D eigenvalue weighted by Crippen LogP contribution is 2.19. The van der Waals surface area contributed by atoms with Gasteiger partial charge in [0.25, 0.3) is 0 Å². The molecular weight excluding hydrogens is 236 g/mol. The van der Waals surface area contributed by atoms with Crippen molar-refractivity contribution in [3.8, 4) is 0 Å². The third-order valence-electron chi connectivity index (χ3n) is 3.08. The number of nitrogens with one attached hydrogen (secondary N) is 1. The van der Waals surface area contributed by atoms with Crippen molar-refractivity contribution in [3.05, 3.63) is 64.7 Å². The first-order valence-electron chi connectivity index (χ1n) is 6.20. The Morgan fingerprint density at radius 1 is 1.11 bits per heavy atom. The number of benzene rings is 2. The van der Waals surface area contributed by atoms with Crippen LogP contribution in [0.15, 0.2) is 42.5 Å². The number of hydrogen-bond donors (Lipinski definition) is 2. The maximum absolute atomic E-state index is 8.02. The molecule has 0 saturated heterocycles. The molecule has 0 atom stereocenters. The maximum atomic E-state index is 8.02. The molecule has 0 amide bonds. The fraction of sp³-hybridized carbons (Fsp3) is 0.188. The molecule has 2 aromatic carbocycles. The van der Waals surface area contributed by atoms with Crippen LogP contribution in [0.4, 0.5) is 5.69 Å². The van der Waals surface area contributed by atoms with E-state index in [1.807, 2.05) is 56.3 Å². The highest BCUT2D eigenvalue weighted by molar-refractivity contribution is 5.94. The molecule has 0 radical (unpaired) electrons. The second-order valence-corrected chi connectivity index (χ2v) is 4.63. The summed E-state index contributed by atoms with van der Waals surface area (Å²) in [5.74, 6) is 0.185. The van der Waals surface area contributed by atoms with Crippen molar-refractivity contribution in [2.45, 2.75) is 20.5 Å². The van der Waals surface area contributed by atoms with Crippen LogP contribution >= 0.6 is 0 Å². The zero-order chi connectivity index (χ0) is 13.8. The highest BCUT2D eigenvalue weighted by Gasteiger charge is 2.09. The van der Waals surface area contributed by atoms with Gasteiger partial charge < -0.3 is 10.5 Å². The Balaban J connectivity index is 2.10. The molecule has 0 fully saturated rings. The summed E-state index contributed by atoms with van der Waals surface area (Å²) in [4.78, 5) is 0. The number of hydrogen-bond acceptors (Lipinski definition) is 3. The van der Waals surface area contributed by atoms with Gasteiger partial charge in [0.15, 0.2) is 0 Å². The molecule has 0 spiro atoms. The largest absolute Gasteiger partial charge is 0.473 e. The molecule has 98 valence electrons. The predicted molar refractivity (Wildman–Crippen MR) is 78.4 cm³/mol. The van der Waals surface area contributed by atoms with E-state index >= 15 is 0 Å². The summed E-state index contributed by atoms with van der Waals surface area (Å²) in [6, 6.07) is 13.6. The Bertz CT molecular complexity index is 591. The number of rotatable bonds is 3. The van der Waals surface area contributed by atoms with Crippen molar-refractivity contribution in [2.24, 2.45) is 0 Å². The monoisotopic (exact) mass is 254 g/mol. The SMILES string of the molecule is Cc1cc(C(=N)OCc2ccccc2)c(C)cc1N. The number of aryl methyl sites for hydroxylation is 2. The second kappa shape index (κ2) is 5.57. The second-order valence-electron chi connectivity index (χ2n) is 4.63. The maximum Gasteiger partial charge on any atom is 0.213 e. The fourth-order valence-corrected chi connectivity index (χ4v) is 1.89. The van der Waals surface area contributed by atoms with Crippen LogP contribution in [0.2, 0.25) is 0 Å². The lowest BCUT2D eigenvalue weighted by atomic mass is 10.0. The number of nitrogens with two attached hydrogens (primary N) is 1. The first-order valence-corrected chi connectivity index (χ1v) is 6.20. The van der Waals surface area contributed by atoms with Crippen LogP contribution < -0.4 is 5.73 Å². The highest BCUT2D eigenvalue weighted by atomic mass is 16.5. The lowest BCUT2D eigenvalue weighted by Crippen LogP contribution is -2.08. The van der Waals surface area contributed by atoms with Crippen LogP contribution in [0.3, 0.4) is 0 Å². The van der Waals surface area contributed by atoms with E-state index in [1.165, 1.54) is 0 Å². The Morgan fingerprint density at radius 3 is 2.47 bits per heavy atom. The molecular formula is C16H18N2O. The summed E-state index contributed by atoms with van der Waals surface area (Å²) in [6.07, 6.45) is 0. The predicted octanol–water partition coefficient (Wildman–Crippen LogP) is 3.43. The van der Waals surface area contributed by atoms with Crippen molar-refractivity contribution in [1.29, 1.82) is 5.41 Å². The zero-order valence-electron chi connectivity index (χ0n) is 11.2. The van der Waals surface area contributed by atoms with Crippen LogP contribution in [-0.2, 0) is 11.3 Å².